The van der Waals surface area contributed by atoms with Gasteiger partial charge in [-0.3, -0.25) is 9.59 Å². The minimum absolute atomic E-state index is 0.150. The normalized spacial score (nSPS) is 10.2. The van der Waals surface area contributed by atoms with Gasteiger partial charge in [-0.1, -0.05) is 40.9 Å². The average molecular weight is 381 g/mol. The fourth-order valence-corrected chi connectivity index (χ4v) is 2.48. The Hall–Kier alpha value is -2.24. The lowest BCUT2D eigenvalue weighted by Crippen LogP contribution is -2.38. The lowest BCUT2D eigenvalue weighted by Gasteiger charge is -2.09. The smallest absolute Gasteiger partial charge is 0.253 e. The Morgan fingerprint density at radius 2 is 1.76 bits per heavy atom. The van der Waals surface area contributed by atoms with Gasteiger partial charge in [0, 0.05) is 5.02 Å². The first-order valence-electron chi connectivity index (χ1n) is 7.65. The molecule has 2 aromatic carbocycles. The highest BCUT2D eigenvalue weighted by atomic mass is 35.5. The van der Waals surface area contributed by atoms with Crippen molar-refractivity contribution >= 4 is 35.0 Å². The van der Waals surface area contributed by atoms with Crippen molar-refractivity contribution in [1.29, 1.82) is 0 Å². The van der Waals surface area contributed by atoms with Crippen molar-refractivity contribution in [3.8, 4) is 5.75 Å². The number of ether oxygens (including phenoxy) is 1. The maximum Gasteiger partial charge on any atom is 0.253 e. The summed E-state index contributed by atoms with van der Waals surface area (Å²) in [7, 11) is 0. The fourth-order valence-electron chi connectivity index (χ4n) is 1.99. The zero-order valence-corrected chi connectivity index (χ0v) is 15.2. The summed E-state index contributed by atoms with van der Waals surface area (Å²) >= 11 is 11.7. The number of carbonyl (C=O) groups is 2. The highest BCUT2D eigenvalue weighted by Crippen LogP contribution is 2.20. The first kappa shape index (κ1) is 19.1. The third-order valence-electron chi connectivity index (χ3n) is 3.30. The van der Waals surface area contributed by atoms with Crippen LogP contribution in [-0.4, -0.2) is 31.5 Å². The zero-order chi connectivity index (χ0) is 18.2. The molecule has 132 valence electrons. The van der Waals surface area contributed by atoms with Gasteiger partial charge in [-0.15, -0.1) is 0 Å². The van der Waals surface area contributed by atoms with Gasteiger partial charge in [0.1, 0.15) is 12.4 Å². The molecule has 2 amide bonds. The van der Waals surface area contributed by atoms with Crippen LogP contribution in [0.4, 0.5) is 0 Å². The van der Waals surface area contributed by atoms with Crippen molar-refractivity contribution in [3.05, 3.63) is 63.6 Å². The van der Waals surface area contributed by atoms with Gasteiger partial charge >= 0.3 is 0 Å². The molecule has 0 saturated carbocycles. The first-order chi connectivity index (χ1) is 12.0. The lowest BCUT2D eigenvalue weighted by molar-refractivity contribution is -0.120. The quantitative estimate of drug-likeness (QED) is 0.724. The second kappa shape index (κ2) is 9.30. The minimum Gasteiger partial charge on any atom is -0.492 e. The molecule has 0 fully saturated rings. The molecule has 0 bridgehead atoms. The molecule has 0 atom stereocenters. The lowest BCUT2D eigenvalue weighted by atomic mass is 10.2. The Morgan fingerprint density at radius 1 is 1.04 bits per heavy atom. The van der Waals surface area contributed by atoms with E-state index in [1.165, 1.54) is 12.1 Å². The standard InChI is InChI=1S/C18H18Cl2N2O3/c1-12-2-5-14(6-3-12)25-9-8-21-17(23)11-22-18(24)15-7-4-13(19)10-16(15)20/h2-7,10H,8-9,11H2,1H3,(H,21,23)(H,22,24). The summed E-state index contributed by atoms with van der Waals surface area (Å²) in [6.07, 6.45) is 0. The van der Waals surface area contributed by atoms with E-state index in [-0.39, 0.29) is 23.0 Å². The first-order valence-corrected chi connectivity index (χ1v) is 8.41. The molecule has 0 aliphatic rings. The van der Waals surface area contributed by atoms with Crippen molar-refractivity contribution in [2.45, 2.75) is 6.92 Å². The van der Waals surface area contributed by atoms with Gasteiger partial charge in [-0.2, -0.15) is 0 Å². The van der Waals surface area contributed by atoms with Crippen molar-refractivity contribution in [2.75, 3.05) is 19.7 Å². The summed E-state index contributed by atoms with van der Waals surface area (Å²) in [5.74, 6) is -0.0100. The molecule has 0 radical (unpaired) electrons. The summed E-state index contributed by atoms with van der Waals surface area (Å²) in [4.78, 5) is 23.7. The van der Waals surface area contributed by atoms with Crippen LogP contribution < -0.4 is 15.4 Å². The van der Waals surface area contributed by atoms with Crippen LogP contribution in [0.1, 0.15) is 15.9 Å². The number of carbonyl (C=O) groups excluding carboxylic acids is 2. The SMILES string of the molecule is Cc1ccc(OCCNC(=O)CNC(=O)c2ccc(Cl)cc2Cl)cc1. The number of hydrogen-bond donors (Lipinski definition) is 2. The van der Waals surface area contributed by atoms with E-state index in [0.717, 1.165) is 11.3 Å². The number of nitrogens with one attached hydrogen (secondary N) is 2. The number of halogens is 2. The van der Waals surface area contributed by atoms with Crippen molar-refractivity contribution in [3.63, 3.8) is 0 Å². The van der Waals surface area contributed by atoms with Gasteiger partial charge in [0.25, 0.3) is 5.91 Å². The number of rotatable bonds is 7. The molecule has 0 unspecified atom stereocenters. The second-order valence-corrected chi connectivity index (χ2v) is 6.16. The minimum atomic E-state index is -0.437. The van der Waals surface area contributed by atoms with Crippen LogP contribution in [0, 0.1) is 6.92 Å². The molecule has 0 aliphatic heterocycles. The molecule has 0 heterocycles. The molecule has 0 spiro atoms. The third kappa shape index (κ3) is 6.29. The third-order valence-corrected chi connectivity index (χ3v) is 3.85. The molecule has 0 aliphatic carbocycles. The van der Waals surface area contributed by atoms with E-state index in [9.17, 15) is 9.59 Å². The largest absolute Gasteiger partial charge is 0.492 e. The highest BCUT2D eigenvalue weighted by Gasteiger charge is 2.11. The fraction of sp³-hybridized carbons (Fsp3) is 0.222. The topological polar surface area (TPSA) is 67.4 Å². The molecule has 7 heteroatoms. The molecule has 0 saturated heterocycles. The molecule has 25 heavy (non-hydrogen) atoms. The highest BCUT2D eigenvalue weighted by molar-refractivity contribution is 6.36. The number of benzene rings is 2. The Balaban J connectivity index is 1.68. The molecular formula is C18H18Cl2N2O3. The summed E-state index contributed by atoms with van der Waals surface area (Å²) in [5, 5.41) is 5.84. The number of hydrogen-bond acceptors (Lipinski definition) is 3. The summed E-state index contributed by atoms with van der Waals surface area (Å²) in [5.41, 5.74) is 1.42. The van der Waals surface area contributed by atoms with Gasteiger partial charge < -0.3 is 15.4 Å². The van der Waals surface area contributed by atoms with Crippen LogP contribution in [-0.2, 0) is 4.79 Å². The predicted molar refractivity (Wildman–Crippen MR) is 98.5 cm³/mol. The molecule has 2 rings (SSSR count). The van der Waals surface area contributed by atoms with Gasteiger partial charge in [0.05, 0.1) is 23.7 Å². The average Bonchev–Trinajstić information content (AvgIpc) is 2.58. The van der Waals surface area contributed by atoms with E-state index >= 15 is 0 Å². The Morgan fingerprint density at radius 3 is 2.44 bits per heavy atom. The summed E-state index contributed by atoms with van der Waals surface area (Å²) in [6.45, 7) is 2.52. The van der Waals surface area contributed by atoms with Gasteiger partial charge in [-0.05, 0) is 37.3 Å². The van der Waals surface area contributed by atoms with E-state index in [0.29, 0.717) is 18.2 Å². The van der Waals surface area contributed by atoms with Crippen LogP contribution in [0.3, 0.4) is 0 Å². The van der Waals surface area contributed by atoms with E-state index < -0.39 is 5.91 Å². The van der Waals surface area contributed by atoms with Crippen LogP contribution in [0.2, 0.25) is 10.0 Å². The maximum absolute atomic E-state index is 12.0. The van der Waals surface area contributed by atoms with Crippen LogP contribution in [0.15, 0.2) is 42.5 Å². The molecule has 2 N–H and O–H groups in total. The van der Waals surface area contributed by atoms with Gasteiger partial charge in [0.15, 0.2) is 0 Å². The molecule has 2 aromatic rings. The van der Waals surface area contributed by atoms with Crippen molar-refractivity contribution in [2.24, 2.45) is 0 Å². The van der Waals surface area contributed by atoms with E-state index in [4.69, 9.17) is 27.9 Å². The van der Waals surface area contributed by atoms with Crippen LogP contribution >= 0.6 is 23.2 Å². The monoisotopic (exact) mass is 380 g/mol. The Bertz CT molecular complexity index is 748. The van der Waals surface area contributed by atoms with E-state index in [1.54, 1.807) is 6.07 Å². The van der Waals surface area contributed by atoms with Crippen molar-refractivity contribution in [1.82, 2.24) is 10.6 Å². The predicted octanol–water partition coefficient (Wildman–Crippen LogP) is 3.23. The summed E-state index contributed by atoms with van der Waals surface area (Å²) in [6, 6.07) is 12.2. The Labute approximate surface area is 156 Å². The maximum atomic E-state index is 12.0. The number of aryl methyl sites for hydroxylation is 1. The van der Waals surface area contributed by atoms with Crippen molar-refractivity contribution < 1.29 is 14.3 Å². The van der Waals surface area contributed by atoms with E-state index in [1.807, 2.05) is 31.2 Å². The summed E-state index contributed by atoms with van der Waals surface area (Å²) < 4.78 is 5.50. The zero-order valence-electron chi connectivity index (χ0n) is 13.6. The molecule has 0 aromatic heterocycles. The van der Waals surface area contributed by atoms with Gasteiger partial charge in [0.2, 0.25) is 5.91 Å². The van der Waals surface area contributed by atoms with Gasteiger partial charge in [-0.25, -0.2) is 0 Å². The second-order valence-electron chi connectivity index (χ2n) is 5.32. The van der Waals surface area contributed by atoms with Crippen LogP contribution in [0.5, 0.6) is 5.75 Å². The number of amides is 2. The molecular weight excluding hydrogens is 363 g/mol. The van der Waals surface area contributed by atoms with Crippen LogP contribution in [0.25, 0.3) is 0 Å². The Kier molecular flexibility index (Phi) is 7.10. The van der Waals surface area contributed by atoms with E-state index in [2.05, 4.69) is 10.6 Å². The molecule has 5 nitrogen and oxygen atoms in total.